The maximum Gasteiger partial charge on any atom is 0.138 e. The van der Waals surface area contributed by atoms with E-state index in [-0.39, 0.29) is 0 Å². The fourth-order valence-corrected chi connectivity index (χ4v) is 2.16. The van der Waals surface area contributed by atoms with Crippen LogP contribution in [0.15, 0.2) is 46.0 Å². The Labute approximate surface area is 107 Å². The van der Waals surface area contributed by atoms with Gasteiger partial charge in [-0.2, -0.15) is 0 Å². The molecule has 1 aromatic heterocycles. The molecule has 0 spiro atoms. The van der Waals surface area contributed by atoms with Crippen molar-refractivity contribution in [3.05, 3.63) is 47.0 Å². The molecule has 3 nitrogen and oxygen atoms in total. The fourth-order valence-electron chi connectivity index (χ4n) is 1.12. The van der Waals surface area contributed by atoms with E-state index < -0.39 is 0 Å². The Bertz CT molecular complexity index is 410. The van der Waals surface area contributed by atoms with Gasteiger partial charge >= 0.3 is 0 Å². The maximum absolute atomic E-state index is 5.51. The molecule has 5 heteroatoms. The Hall–Kier alpha value is -1.07. The Morgan fingerprint density at radius 3 is 2.38 bits per heavy atom. The highest BCUT2D eigenvalue weighted by atomic mass is 79.9. The van der Waals surface area contributed by atoms with Crippen LogP contribution in [0, 0.1) is 0 Å². The van der Waals surface area contributed by atoms with Gasteiger partial charge in [0.25, 0.3) is 0 Å². The van der Waals surface area contributed by atoms with Crippen molar-refractivity contribution < 1.29 is 0 Å². The van der Waals surface area contributed by atoms with Gasteiger partial charge in [-0.05, 0) is 24.3 Å². The molecule has 16 heavy (non-hydrogen) atoms. The molecule has 0 saturated heterocycles. The molecular weight excluding hydrogens is 286 g/mol. The van der Waals surface area contributed by atoms with Crippen molar-refractivity contribution in [1.82, 2.24) is 9.97 Å². The lowest BCUT2D eigenvalue weighted by atomic mass is 10.4. The number of hydrogen-bond acceptors (Lipinski definition) is 4. The van der Waals surface area contributed by atoms with Crippen LogP contribution in [0.25, 0.3) is 0 Å². The summed E-state index contributed by atoms with van der Waals surface area (Å²) >= 11 is 5.10. The molecule has 0 fully saturated rings. The summed E-state index contributed by atoms with van der Waals surface area (Å²) in [4.78, 5) is 9.49. The summed E-state index contributed by atoms with van der Waals surface area (Å²) in [6.07, 6.45) is 3.26. The topological polar surface area (TPSA) is 51.8 Å². The second-order valence-electron chi connectivity index (χ2n) is 3.18. The monoisotopic (exact) mass is 295 g/mol. The molecule has 0 unspecified atom stereocenters. The SMILES string of the molecule is Nc1cnc(CSc2ccc(Br)cc2)nc1. The van der Waals surface area contributed by atoms with Crippen molar-refractivity contribution in [2.24, 2.45) is 0 Å². The number of hydrogen-bond donors (Lipinski definition) is 1. The predicted molar refractivity (Wildman–Crippen MR) is 70.1 cm³/mol. The highest BCUT2D eigenvalue weighted by molar-refractivity contribution is 9.10. The molecule has 0 amide bonds. The number of halogens is 1. The first-order chi connectivity index (χ1) is 7.74. The summed E-state index contributed by atoms with van der Waals surface area (Å²) in [5, 5.41) is 0. The van der Waals surface area contributed by atoms with E-state index in [2.05, 4.69) is 38.0 Å². The Morgan fingerprint density at radius 2 is 1.75 bits per heavy atom. The van der Waals surface area contributed by atoms with Crippen molar-refractivity contribution >= 4 is 33.4 Å². The Balaban J connectivity index is 1.97. The third-order valence-electron chi connectivity index (χ3n) is 1.91. The smallest absolute Gasteiger partial charge is 0.138 e. The molecule has 1 aromatic carbocycles. The van der Waals surface area contributed by atoms with E-state index >= 15 is 0 Å². The first-order valence-corrected chi connectivity index (χ1v) is 6.46. The van der Waals surface area contributed by atoms with Crippen LogP contribution in [0.5, 0.6) is 0 Å². The van der Waals surface area contributed by atoms with Crippen molar-refractivity contribution in [3.63, 3.8) is 0 Å². The van der Waals surface area contributed by atoms with Gasteiger partial charge in [0, 0.05) is 9.37 Å². The number of anilines is 1. The summed E-state index contributed by atoms with van der Waals surface area (Å²) < 4.78 is 1.08. The number of rotatable bonds is 3. The molecular formula is C11H10BrN3S. The molecule has 0 bridgehead atoms. The summed E-state index contributed by atoms with van der Waals surface area (Å²) in [7, 11) is 0. The first-order valence-electron chi connectivity index (χ1n) is 4.69. The van der Waals surface area contributed by atoms with Gasteiger partial charge in [-0.1, -0.05) is 15.9 Å². The van der Waals surface area contributed by atoms with Crippen molar-refractivity contribution in [2.45, 2.75) is 10.6 Å². The summed E-state index contributed by atoms with van der Waals surface area (Å²) in [6, 6.07) is 8.16. The molecule has 0 aliphatic heterocycles. The van der Waals surface area contributed by atoms with Gasteiger partial charge in [-0.15, -0.1) is 11.8 Å². The van der Waals surface area contributed by atoms with Crippen LogP contribution >= 0.6 is 27.7 Å². The normalized spacial score (nSPS) is 10.3. The van der Waals surface area contributed by atoms with Gasteiger partial charge in [0.05, 0.1) is 23.8 Å². The van der Waals surface area contributed by atoms with Crippen LogP contribution in [-0.4, -0.2) is 9.97 Å². The van der Waals surface area contributed by atoms with E-state index in [1.165, 1.54) is 4.90 Å². The minimum atomic E-state index is 0.595. The van der Waals surface area contributed by atoms with E-state index in [0.717, 1.165) is 16.0 Å². The van der Waals surface area contributed by atoms with E-state index in [4.69, 9.17) is 5.73 Å². The van der Waals surface area contributed by atoms with Gasteiger partial charge in [-0.3, -0.25) is 0 Å². The van der Waals surface area contributed by atoms with Crippen molar-refractivity contribution in [1.29, 1.82) is 0 Å². The van der Waals surface area contributed by atoms with E-state index in [1.54, 1.807) is 24.2 Å². The number of benzene rings is 1. The third kappa shape index (κ3) is 3.21. The first kappa shape index (κ1) is 11.4. The second-order valence-corrected chi connectivity index (χ2v) is 5.14. The lowest BCUT2D eigenvalue weighted by Crippen LogP contribution is -1.94. The molecule has 1 heterocycles. The van der Waals surface area contributed by atoms with Gasteiger partial charge < -0.3 is 5.73 Å². The Kier molecular flexibility index (Phi) is 3.79. The quantitative estimate of drug-likeness (QED) is 0.884. The number of nitrogen functional groups attached to an aromatic ring is 1. The van der Waals surface area contributed by atoms with Crippen LogP contribution in [0.3, 0.4) is 0 Å². The largest absolute Gasteiger partial charge is 0.396 e. The molecule has 0 aliphatic rings. The van der Waals surface area contributed by atoms with Crippen molar-refractivity contribution in [2.75, 3.05) is 5.73 Å². The molecule has 2 N–H and O–H groups in total. The number of aromatic nitrogens is 2. The zero-order valence-electron chi connectivity index (χ0n) is 8.43. The van der Waals surface area contributed by atoms with Gasteiger partial charge in [0.1, 0.15) is 5.82 Å². The third-order valence-corrected chi connectivity index (χ3v) is 3.44. The highest BCUT2D eigenvalue weighted by Crippen LogP contribution is 2.23. The van der Waals surface area contributed by atoms with E-state index in [0.29, 0.717) is 5.69 Å². The highest BCUT2D eigenvalue weighted by Gasteiger charge is 1.98. The van der Waals surface area contributed by atoms with Crippen LogP contribution < -0.4 is 5.73 Å². The maximum atomic E-state index is 5.51. The zero-order chi connectivity index (χ0) is 11.4. The second kappa shape index (κ2) is 5.32. The molecule has 0 atom stereocenters. The molecule has 0 saturated carbocycles. The number of nitrogens with zero attached hydrogens (tertiary/aromatic N) is 2. The molecule has 0 radical (unpaired) electrons. The van der Waals surface area contributed by atoms with Gasteiger partial charge in [-0.25, -0.2) is 9.97 Å². The lowest BCUT2D eigenvalue weighted by Gasteiger charge is -2.01. The average Bonchev–Trinajstić information content (AvgIpc) is 2.30. The molecule has 2 aromatic rings. The fraction of sp³-hybridized carbons (Fsp3) is 0.0909. The standard InChI is InChI=1S/C11H10BrN3S/c12-8-1-3-10(4-2-8)16-7-11-14-5-9(13)6-15-11/h1-6H,7,13H2. The molecule has 0 aliphatic carbocycles. The lowest BCUT2D eigenvalue weighted by molar-refractivity contribution is 1.04. The zero-order valence-corrected chi connectivity index (χ0v) is 10.8. The van der Waals surface area contributed by atoms with Crippen molar-refractivity contribution in [3.8, 4) is 0 Å². The summed E-state index contributed by atoms with van der Waals surface area (Å²) in [6.45, 7) is 0. The van der Waals surface area contributed by atoms with Crippen LogP contribution in [0.1, 0.15) is 5.82 Å². The minimum Gasteiger partial charge on any atom is -0.396 e. The predicted octanol–water partition coefficient (Wildman–Crippen LogP) is 3.11. The minimum absolute atomic E-state index is 0.595. The van der Waals surface area contributed by atoms with E-state index in [1.807, 2.05) is 12.1 Å². The summed E-state index contributed by atoms with van der Waals surface area (Å²) in [5.41, 5.74) is 6.11. The van der Waals surface area contributed by atoms with Crippen LogP contribution in [-0.2, 0) is 5.75 Å². The van der Waals surface area contributed by atoms with E-state index in [9.17, 15) is 0 Å². The summed E-state index contributed by atoms with van der Waals surface area (Å²) in [5.74, 6) is 1.55. The average molecular weight is 296 g/mol. The molecule has 2 rings (SSSR count). The van der Waals surface area contributed by atoms with Crippen LogP contribution in [0.4, 0.5) is 5.69 Å². The number of thioether (sulfide) groups is 1. The van der Waals surface area contributed by atoms with Gasteiger partial charge in [0.15, 0.2) is 0 Å². The molecule has 82 valence electrons. The van der Waals surface area contributed by atoms with Crippen LogP contribution in [0.2, 0.25) is 0 Å². The van der Waals surface area contributed by atoms with Gasteiger partial charge in [0.2, 0.25) is 0 Å². The number of nitrogens with two attached hydrogens (primary N) is 1. The Morgan fingerprint density at radius 1 is 1.12 bits per heavy atom.